The minimum absolute atomic E-state index is 0.0411. The lowest BCUT2D eigenvalue weighted by Crippen LogP contribution is -2.62. The van der Waals surface area contributed by atoms with Crippen LogP contribution in [0, 0.1) is 5.82 Å². The number of nitrogens with zero attached hydrogens (tertiary/aromatic N) is 2. The first-order chi connectivity index (χ1) is 18.8. The van der Waals surface area contributed by atoms with E-state index in [9.17, 15) is 18.8 Å². The topological polar surface area (TPSA) is 119 Å². The minimum atomic E-state index is -0.967. The number of nitrogens with one attached hydrogen (secondary N) is 2. The van der Waals surface area contributed by atoms with Gasteiger partial charge < -0.3 is 39.4 Å². The zero-order chi connectivity index (χ0) is 27.9. The van der Waals surface area contributed by atoms with Crippen molar-refractivity contribution in [1.82, 2.24) is 15.1 Å². The molecular weight excluding hydrogens is 511 g/mol. The van der Waals surface area contributed by atoms with Crippen molar-refractivity contribution < 1.29 is 37.7 Å². The summed E-state index contributed by atoms with van der Waals surface area (Å²) >= 11 is 0. The van der Waals surface area contributed by atoms with Crippen LogP contribution in [0.1, 0.15) is 23.2 Å². The van der Waals surface area contributed by atoms with Gasteiger partial charge in [-0.1, -0.05) is 0 Å². The molecule has 2 unspecified atom stereocenters. The van der Waals surface area contributed by atoms with Crippen molar-refractivity contribution in [2.45, 2.75) is 25.0 Å². The van der Waals surface area contributed by atoms with E-state index in [0.717, 1.165) is 12.8 Å². The lowest BCUT2D eigenvalue weighted by molar-refractivity contribution is -0.127. The van der Waals surface area contributed by atoms with Gasteiger partial charge in [-0.2, -0.15) is 0 Å². The second-order valence-corrected chi connectivity index (χ2v) is 9.19. The molecule has 11 nitrogen and oxygen atoms in total. The van der Waals surface area contributed by atoms with Crippen LogP contribution >= 0.6 is 0 Å². The average molecular weight is 545 g/mol. The fraction of sp³-hybridized carbons (Fsp3) is 0.444. The number of benzene rings is 2. The summed E-state index contributed by atoms with van der Waals surface area (Å²) in [5, 5.41) is 5.59. The van der Waals surface area contributed by atoms with Gasteiger partial charge in [0.1, 0.15) is 11.9 Å². The van der Waals surface area contributed by atoms with Crippen LogP contribution in [0.2, 0.25) is 0 Å². The van der Waals surface area contributed by atoms with E-state index in [2.05, 4.69) is 10.6 Å². The molecule has 0 aromatic heterocycles. The van der Waals surface area contributed by atoms with E-state index in [1.54, 1.807) is 0 Å². The Labute approximate surface area is 226 Å². The predicted molar refractivity (Wildman–Crippen MR) is 140 cm³/mol. The zero-order valence-electron chi connectivity index (χ0n) is 22.2. The Kier molecular flexibility index (Phi) is 9.07. The monoisotopic (exact) mass is 544 g/mol. The molecule has 2 atom stereocenters. The first-order valence-corrected chi connectivity index (χ1v) is 12.7. The molecule has 2 aromatic carbocycles. The van der Waals surface area contributed by atoms with Crippen LogP contribution in [0.3, 0.4) is 0 Å². The van der Waals surface area contributed by atoms with E-state index in [4.69, 9.17) is 18.9 Å². The Morgan fingerprint density at radius 1 is 1.03 bits per heavy atom. The summed E-state index contributed by atoms with van der Waals surface area (Å²) in [4.78, 5) is 43.0. The van der Waals surface area contributed by atoms with E-state index in [-0.39, 0.29) is 31.3 Å². The molecule has 2 saturated heterocycles. The number of hydrogen-bond donors (Lipinski definition) is 2. The highest BCUT2D eigenvalue weighted by Crippen LogP contribution is 2.38. The summed E-state index contributed by atoms with van der Waals surface area (Å²) in [6.07, 6.45) is 1.67. The molecule has 2 N–H and O–H groups in total. The number of amides is 4. The third-order valence-electron chi connectivity index (χ3n) is 6.77. The molecule has 4 rings (SSSR count). The lowest BCUT2D eigenvalue weighted by atomic mass is 10.1. The van der Waals surface area contributed by atoms with Gasteiger partial charge >= 0.3 is 6.03 Å². The summed E-state index contributed by atoms with van der Waals surface area (Å²) < 4.78 is 35.0. The molecule has 12 heteroatoms. The number of piperazine rings is 1. The second kappa shape index (κ2) is 12.7. The fourth-order valence-electron chi connectivity index (χ4n) is 4.68. The van der Waals surface area contributed by atoms with Gasteiger partial charge in [-0.05, 0) is 49.2 Å². The van der Waals surface area contributed by atoms with Crippen LogP contribution in [0.4, 0.5) is 14.9 Å². The lowest BCUT2D eigenvalue weighted by Gasteiger charge is -2.40. The molecule has 39 heavy (non-hydrogen) atoms. The third kappa shape index (κ3) is 6.51. The zero-order valence-corrected chi connectivity index (χ0v) is 22.2. The summed E-state index contributed by atoms with van der Waals surface area (Å²) in [5.74, 6) is -0.302. The normalized spacial score (nSPS) is 18.9. The molecule has 4 amide bonds. The number of rotatable bonds is 8. The van der Waals surface area contributed by atoms with Gasteiger partial charge in [0, 0.05) is 37.5 Å². The van der Waals surface area contributed by atoms with Crippen molar-refractivity contribution in [2.24, 2.45) is 0 Å². The van der Waals surface area contributed by atoms with Crippen LogP contribution in [0.25, 0.3) is 0 Å². The molecule has 2 aromatic rings. The molecule has 2 aliphatic heterocycles. The van der Waals surface area contributed by atoms with Gasteiger partial charge in [-0.3, -0.25) is 9.59 Å². The highest BCUT2D eigenvalue weighted by Gasteiger charge is 2.38. The molecule has 0 bridgehead atoms. The standard InChI is InChI=1S/C27H33FN4O7/c1-36-22-13-17(14-23(37-2)24(22)38-3)26(34)32-11-10-31(27(35)30-19-8-6-18(28)7-9-19)16-21(32)25(33)29-15-20-5-4-12-39-20/h6-9,13-14,20-21H,4-5,10-12,15-16H2,1-3H3,(H,29,33)(H,30,35). The average Bonchev–Trinajstić information content (AvgIpc) is 3.49. The SMILES string of the molecule is COc1cc(C(=O)N2CCN(C(=O)Nc3ccc(F)cc3)CC2C(=O)NCC2CCCO2)cc(OC)c1OC. The molecule has 210 valence electrons. The number of anilines is 1. The number of halogens is 1. The van der Waals surface area contributed by atoms with Gasteiger partial charge in [0.25, 0.3) is 5.91 Å². The molecule has 2 fully saturated rings. The van der Waals surface area contributed by atoms with Crippen LogP contribution < -0.4 is 24.8 Å². The largest absolute Gasteiger partial charge is 0.493 e. The molecule has 2 heterocycles. The van der Waals surface area contributed by atoms with Crippen molar-refractivity contribution in [2.75, 3.05) is 59.4 Å². The Bertz CT molecular complexity index is 1160. The second-order valence-electron chi connectivity index (χ2n) is 9.19. The van der Waals surface area contributed by atoms with Gasteiger partial charge in [0.2, 0.25) is 11.7 Å². The molecule has 0 radical (unpaired) electrons. The summed E-state index contributed by atoms with van der Waals surface area (Å²) in [7, 11) is 4.36. The highest BCUT2D eigenvalue weighted by molar-refractivity contribution is 5.99. The van der Waals surface area contributed by atoms with Crippen LogP contribution in [0.5, 0.6) is 17.2 Å². The van der Waals surface area contributed by atoms with E-state index >= 15 is 0 Å². The van der Waals surface area contributed by atoms with Gasteiger partial charge in [-0.25, -0.2) is 9.18 Å². The maximum atomic E-state index is 13.7. The molecular formula is C27H33FN4O7. The van der Waals surface area contributed by atoms with Crippen LogP contribution in [-0.4, -0.2) is 93.9 Å². The Balaban J connectivity index is 1.55. The number of ether oxygens (including phenoxy) is 4. The highest BCUT2D eigenvalue weighted by atomic mass is 19.1. The predicted octanol–water partition coefficient (Wildman–Crippen LogP) is 2.51. The number of hydrogen-bond acceptors (Lipinski definition) is 7. The summed E-state index contributed by atoms with van der Waals surface area (Å²) in [6.45, 7) is 1.19. The van der Waals surface area contributed by atoms with E-state index < -0.39 is 29.7 Å². The number of carbonyl (C=O) groups is 3. The van der Waals surface area contributed by atoms with E-state index in [1.807, 2.05) is 0 Å². The van der Waals surface area contributed by atoms with E-state index in [0.29, 0.717) is 36.1 Å². The maximum Gasteiger partial charge on any atom is 0.321 e. The molecule has 0 spiro atoms. The molecule has 0 saturated carbocycles. The number of methoxy groups -OCH3 is 3. The Morgan fingerprint density at radius 2 is 1.72 bits per heavy atom. The maximum absolute atomic E-state index is 13.7. The van der Waals surface area contributed by atoms with Crippen LogP contribution in [-0.2, 0) is 9.53 Å². The quantitative estimate of drug-likeness (QED) is 0.524. The van der Waals surface area contributed by atoms with Crippen molar-refractivity contribution in [3.05, 3.63) is 47.8 Å². The number of carbonyl (C=O) groups excluding carboxylic acids is 3. The first kappa shape index (κ1) is 28.0. The van der Waals surface area contributed by atoms with Crippen molar-refractivity contribution in [3.8, 4) is 17.2 Å². The van der Waals surface area contributed by atoms with Gasteiger partial charge in [0.05, 0.1) is 34.0 Å². The molecule has 2 aliphatic rings. The molecule has 0 aliphatic carbocycles. The first-order valence-electron chi connectivity index (χ1n) is 12.7. The fourth-order valence-corrected chi connectivity index (χ4v) is 4.68. The minimum Gasteiger partial charge on any atom is -0.493 e. The third-order valence-corrected chi connectivity index (χ3v) is 6.77. The van der Waals surface area contributed by atoms with Crippen LogP contribution in [0.15, 0.2) is 36.4 Å². The number of urea groups is 1. The van der Waals surface area contributed by atoms with Crippen molar-refractivity contribution >= 4 is 23.5 Å². The van der Waals surface area contributed by atoms with Crippen molar-refractivity contribution in [1.29, 1.82) is 0 Å². The van der Waals surface area contributed by atoms with Gasteiger partial charge in [0.15, 0.2) is 11.5 Å². The smallest absolute Gasteiger partial charge is 0.321 e. The summed E-state index contributed by atoms with van der Waals surface area (Å²) in [6, 6.07) is 7.00. The summed E-state index contributed by atoms with van der Waals surface area (Å²) in [5.41, 5.74) is 0.655. The Hall–Kier alpha value is -4.06. The van der Waals surface area contributed by atoms with Crippen molar-refractivity contribution in [3.63, 3.8) is 0 Å². The van der Waals surface area contributed by atoms with Gasteiger partial charge in [-0.15, -0.1) is 0 Å². The van der Waals surface area contributed by atoms with E-state index in [1.165, 1.54) is 67.5 Å². The Morgan fingerprint density at radius 3 is 2.31 bits per heavy atom.